The molecule has 1 N–H and O–H groups in total. The molecule has 4 rings (SSSR count). The van der Waals surface area contributed by atoms with Gasteiger partial charge in [-0.2, -0.15) is 0 Å². The summed E-state index contributed by atoms with van der Waals surface area (Å²) in [4.78, 5) is 19.2. The number of amides is 1. The van der Waals surface area contributed by atoms with Gasteiger partial charge >= 0.3 is 0 Å². The van der Waals surface area contributed by atoms with Gasteiger partial charge in [-0.1, -0.05) is 24.3 Å². The Balaban J connectivity index is 1.40. The van der Waals surface area contributed by atoms with Crippen molar-refractivity contribution in [1.29, 1.82) is 0 Å². The van der Waals surface area contributed by atoms with Gasteiger partial charge in [0.25, 0.3) is 0 Å². The topological polar surface area (TPSA) is 62.7 Å². The van der Waals surface area contributed by atoms with Crippen molar-refractivity contribution in [2.24, 2.45) is 5.92 Å². The number of aromatic nitrogens is 1. The molecule has 1 amide bonds. The number of hydrogen-bond donors (Lipinski definition) is 1. The molecule has 2 aliphatic rings. The van der Waals surface area contributed by atoms with Crippen LogP contribution in [0.15, 0.2) is 42.6 Å². The fourth-order valence-corrected chi connectivity index (χ4v) is 3.84. The number of benzene rings is 1. The summed E-state index contributed by atoms with van der Waals surface area (Å²) in [6.45, 7) is 3.49. The maximum Gasteiger partial charge on any atom is 0.229 e. The third kappa shape index (κ3) is 3.19. The predicted octanol–water partition coefficient (Wildman–Crippen LogP) is 2.45. The minimum Gasteiger partial charge on any atom is -0.492 e. The lowest BCUT2D eigenvalue weighted by Crippen LogP contribution is -2.49. The molecular formula is C21H24N2O3. The fourth-order valence-electron chi connectivity index (χ4n) is 3.84. The number of carbonyl (C=O) groups excluding carboxylic acids is 1. The van der Waals surface area contributed by atoms with E-state index >= 15 is 0 Å². The van der Waals surface area contributed by atoms with Crippen LogP contribution in [-0.4, -0.2) is 40.6 Å². The molecule has 5 nitrogen and oxygen atoms in total. The number of ether oxygens (including phenoxy) is 1. The van der Waals surface area contributed by atoms with Gasteiger partial charge in [-0.3, -0.25) is 9.78 Å². The number of para-hydroxylation sites is 1. The second-order valence-electron chi connectivity index (χ2n) is 7.40. The van der Waals surface area contributed by atoms with Crippen LogP contribution in [0.4, 0.5) is 0 Å². The van der Waals surface area contributed by atoms with E-state index in [9.17, 15) is 9.90 Å². The molecule has 1 atom stereocenters. The third-order valence-corrected chi connectivity index (χ3v) is 5.52. The first-order valence-corrected chi connectivity index (χ1v) is 9.20. The first-order chi connectivity index (χ1) is 12.5. The second-order valence-corrected chi connectivity index (χ2v) is 7.40. The molecule has 1 saturated heterocycles. The molecule has 0 bridgehead atoms. The zero-order valence-corrected chi connectivity index (χ0v) is 15.0. The van der Waals surface area contributed by atoms with Crippen LogP contribution in [-0.2, 0) is 16.8 Å². The van der Waals surface area contributed by atoms with Crippen molar-refractivity contribution in [3.05, 3.63) is 59.4 Å². The Bertz CT molecular complexity index is 795. The Hall–Kier alpha value is -2.40. The van der Waals surface area contributed by atoms with Crippen molar-refractivity contribution in [3.63, 3.8) is 0 Å². The van der Waals surface area contributed by atoms with Gasteiger partial charge in [-0.25, -0.2) is 0 Å². The van der Waals surface area contributed by atoms with E-state index in [4.69, 9.17) is 4.74 Å². The van der Waals surface area contributed by atoms with E-state index in [2.05, 4.69) is 4.98 Å². The molecule has 1 aromatic carbocycles. The van der Waals surface area contributed by atoms with E-state index in [1.807, 2.05) is 48.2 Å². The number of hydrogen-bond acceptors (Lipinski definition) is 4. The van der Waals surface area contributed by atoms with Gasteiger partial charge in [0.1, 0.15) is 18.0 Å². The highest BCUT2D eigenvalue weighted by atomic mass is 16.5. The molecule has 0 unspecified atom stereocenters. The Morgan fingerprint density at radius 2 is 2.00 bits per heavy atom. The van der Waals surface area contributed by atoms with Gasteiger partial charge < -0.3 is 14.7 Å². The van der Waals surface area contributed by atoms with Crippen LogP contribution in [0, 0.1) is 12.8 Å². The van der Waals surface area contributed by atoms with Gasteiger partial charge in [0, 0.05) is 19.3 Å². The standard InChI is InChI=1S/C21H24N2O3/c1-15-6-7-19(22-13-15)21(25)8-10-23(11-9-21)20(24)17-12-16-4-2-3-5-18(16)26-14-17/h2-7,13,17,25H,8-12,14H2,1H3/t17-/m1/s1. The monoisotopic (exact) mass is 352 g/mol. The van der Waals surface area contributed by atoms with Crippen LogP contribution >= 0.6 is 0 Å². The van der Waals surface area contributed by atoms with Gasteiger partial charge in [-0.15, -0.1) is 0 Å². The van der Waals surface area contributed by atoms with Gasteiger partial charge in [0.05, 0.1) is 11.6 Å². The molecule has 1 fully saturated rings. The molecule has 26 heavy (non-hydrogen) atoms. The summed E-state index contributed by atoms with van der Waals surface area (Å²) in [7, 11) is 0. The van der Waals surface area contributed by atoms with E-state index in [1.54, 1.807) is 6.20 Å². The van der Waals surface area contributed by atoms with Crippen LogP contribution in [0.2, 0.25) is 0 Å². The van der Waals surface area contributed by atoms with E-state index in [0.717, 1.165) is 23.3 Å². The summed E-state index contributed by atoms with van der Waals surface area (Å²) in [6, 6.07) is 11.8. The molecule has 3 heterocycles. The molecular weight excluding hydrogens is 328 g/mol. The van der Waals surface area contributed by atoms with Gasteiger partial charge in [0.2, 0.25) is 5.91 Å². The zero-order valence-electron chi connectivity index (χ0n) is 15.0. The Morgan fingerprint density at radius 3 is 2.73 bits per heavy atom. The Labute approximate surface area is 153 Å². The van der Waals surface area contributed by atoms with E-state index in [0.29, 0.717) is 38.2 Å². The van der Waals surface area contributed by atoms with Crippen molar-refractivity contribution in [1.82, 2.24) is 9.88 Å². The van der Waals surface area contributed by atoms with Crippen molar-refractivity contribution < 1.29 is 14.6 Å². The molecule has 0 saturated carbocycles. The highest BCUT2D eigenvalue weighted by Gasteiger charge is 2.38. The van der Waals surface area contributed by atoms with Gasteiger partial charge in [-0.05, 0) is 49.4 Å². The van der Waals surface area contributed by atoms with Crippen LogP contribution in [0.5, 0.6) is 5.75 Å². The number of rotatable bonds is 2. The molecule has 0 radical (unpaired) electrons. The number of fused-ring (bicyclic) bond motifs is 1. The Kier molecular flexibility index (Phi) is 4.41. The largest absolute Gasteiger partial charge is 0.492 e. The smallest absolute Gasteiger partial charge is 0.229 e. The van der Waals surface area contributed by atoms with Crippen molar-refractivity contribution in [3.8, 4) is 5.75 Å². The summed E-state index contributed by atoms with van der Waals surface area (Å²) < 4.78 is 5.76. The number of likely N-dealkylation sites (tertiary alicyclic amines) is 1. The van der Waals surface area contributed by atoms with E-state index in [-0.39, 0.29) is 11.8 Å². The van der Waals surface area contributed by atoms with Crippen LogP contribution in [0.3, 0.4) is 0 Å². The molecule has 0 spiro atoms. The molecule has 136 valence electrons. The number of aliphatic hydroxyl groups is 1. The number of carbonyl (C=O) groups is 1. The summed E-state index contributed by atoms with van der Waals surface area (Å²) in [6.07, 6.45) is 3.52. The lowest BCUT2D eigenvalue weighted by Gasteiger charge is -2.39. The molecule has 2 aliphatic heterocycles. The highest BCUT2D eigenvalue weighted by molar-refractivity contribution is 5.80. The minimum absolute atomic E-state index is 0.124. The summed E-state index contributed by atoms with van der Waals surface area (Å²) in [5.41, 5.74) is 1.92. The van der Waals surface area contributed by atoms with Crippen molar-refractivity contribution >= 4 is 5.91 Å². The molecule has 0 aliphatic carbocycles. The third-order valence-electron chi connectivity index (χ3n) is 5.52. The summed E-state index contributed by atoms with van der Waals surface area (Å²) >= 11 is 0. The maximum atomic E-state index is 12.9. The van der Waals surface area contributed by atoms with E-state index < -0.39 is 5.60 Å². The minimum atomic E-state index is -0.944. The first kappa shape index (κ1) is 17.0. The lowest BCUT2D eigenvalue weighted by atomic mass is 9.86. The normalized spacial score (nSPS) is 21.6. The molecule has 2 aromatic rings. The van der Waals surface area contributed by atoms with Crippen molar-refractivity contribution in [2.75, 3.05) is 19.7 Å². The fraction of sp³-hybridized carbons (Fsp3) is 0.429. The number of pyridine rings is 1. The summed E-state index contributed by atoms with van der Waals surface area (Å²) in [5.74, 6) is 0.863. The molecule has 5 heteroatoms. The molecule has 1 aromatic heterocycles. The number of piperidine rings is 1. The summed E-state index contributed by atoms with van der Waals surface area (Å²) in [5, 5.41) is 10.9. The predicted molar refractivity (Wildman–Crippen MR) is 97.8 cm³/mol. The Morgan fingerprint density at radius 1 is 1.23 bits per heavy atom. The lowest BCUT2D eigenvalue weighted by molar-refractivity contribution is -0.141. The van der Waals surface area contributed by atoms with Gasteiger partial charge in [0.15, 0.2) is 0 Å². The first-order valence-electron chi connectivity index (χ1n) is 9.20. The van der Waals surface area contributed by atoms with Crippen LogP contribution in [0.25, 0.3) is 0 Å². The maximum absolute atomic E-state index is 12.9. The van der Waals surface area contributed by atoms with Crippen LogP contribution < -0.4 is 4.74 Å². The average Bonchev–Trinajstić information content (AvgIpc) is 2.68. The van der Waals surface area contributed by atoms with Crippen LogP contribution in [0.1, 0.15) is 29.7 Å². The highest BCUT2D eigenvalue weighted by Crippen LogP contribution is 2.33. The quantitative estimate of drug-likeness (QED) is 0.902. The van der Waals surface area contributed by atoms with Crippen molar-refractivity contribution in [2.45, 2.75) is 31.8 Å². The number of aryl methyl sites for hydroxylation is 1. The average molecular weight is 352 g/mol. The van der Waals surface area contributed by atoms with E-state index in [1.165, 1.54) is 0 Å². The zero-order chi connectivity index (χ0) is 18.1. The number of nitrogens with zero attached hydrogens (tertiary/aromatic N) is 2. The second kappa shape index (κ2) is 6.72. The SMILES string of the molecule is Cc1ccc(C2(O)CCN(C(=O)[C@H]3COc4ccccc4C3)CC2)nc1.